The number of hydrogen-bond donors (Lipinski definition) is 2. The molecule has 0 saturated carbocycles. The summed E-state index contributed by atoms with van der Waals surface area (Å²) in [7, 11) is 0. The Morgan fingerprint density at radius 3 is 2.64 bits per heavy atom. The number of carbonyl (C=O) groups excluding carboxylic acids is 2. The van der Waals surface area contributed by atoms with Crippen LogP contribution in [0.3, 0.4) is 0 Å². The highest BCUT2D eigenvalue weighted by Crippen LogP contribution is 2.27. The second-order valence-corrected chi connectivity index (χ2v) is 8.32. The topological polar surface area (TPSA) is 84.0 Å². The number of anilines is 2. The van der Waals surface area contributed by atoms with E-state index in [4.69, 9.17) is 0 Å². The van der Waals surface area contributed by atoms with Crippen LogP contribution in [0.4, 0.5) is 19.6 Å². The summed E-state index contributed by atoms with van der Waals surface area (Å²) in [4.78, 5) is 24.2. The predicted octanol–water partition coefficient (Wildman–Crippen LogP) is 4.56. The summed E-state index contributed by atoms with van der Waals surface area (Å²) in [5, 5.41) is 13.0. The van der Waals surface area contributed by atoms with Crippen molar-refractivity contribution in [3.05, 3.63) is 64.1 Å². The number of hydrogen-bond acceptors (Lipinski definition) is 6. The van der Waals surface area contributed by atoms with E-state index < -0.39 is 17.5 Å². The van der Waals surface area contributed by atoms with Crippen LogP contribution in [0.25, 0.3) is 0 Å². The molecule has 0 unspecified atom stereocenters. The quantitative estimate of drug-likeness (QED) is 0.395. The molecule has 144 valence electrons. The van der Waals surface area contributed by atoms with E-state index in [2.05, 4.69) is 36.8 Å². The summed E-state index contributed by atoms with van der Waals surface area (Å²) in [5.41, 5.74) is 0.346. The Bertz CT molecular complexity index is 1030. The Kier molecular flexibility index (Phi) is 6.70. The maximum Gasteiger partial charge on any atom is 0.258 e. The molecule has 11 heteroatoms. The van der Waals surface area contributed by atoms with Gasteiger partial charge in [0.15, 0.2) is 4.34 Å². The third kappa shape index (κ3) is 5.33. The van der Waals surface area contributed by atoms with Gasteiger partial charge in [0.25, 0.3) is 5.91 Å². The van der Waals surface area contributed by atoms with Gasteiger partial charge < -0.3 is 5.32 Å². The highest BCUT2D eigenvalue weighted by atomic mass is 79.9. The zero-order valence-electron chi connectivity index (χ0n) is 13.9. The van der Waals surface area contributed by atoms with Crippen molar-refractivity contribution in [1.29, 1.82) is 0 Å². The largest absolute Gasteiger partial charge is 0.323 e. The SMILES string of the molecule is O=C(CSc1nnc(NC(=O)c2ccccc2Br)s1)Nc1ccc(F)cc1F. The summed E-state index contributed by atoms with van der Waals surface area (Å²) in [5.74, 6) is -2.46. The molecule has 28 heavy (non-hydrogen) atoms. The van der Waals surface area contributed by atoms with Crippen molar-refractivity contribution in [2.24, 2.45) is 0 Å². The highest BCUT2D eigenvalue weighted by Gasteiger charge is 2.14. The molecule has 0 saturated heterocycles. The molecule has 0 aliphatic heterocycles. The van der Waals surface area contributed by atoms with Crippen molar-refractivity contribution in [2.75, 3.05) is 16.4 Å². The first-order valence-electron chi connectivity index (χ1n) is 7.69. The number of nitrogens with one attached hydrogen (secondary N) is 2. The van der Waals surface area contributed by atoms with E-state index in [1.807, 2.05) is 0 Å². The highest BCUT2D eigenvalue weighted by molar-refractivity contribution is 9.10. The lowest BCUT2D eigenvalue weighted by atomic mass is 10.2. The zero-order valence-corrected chi connectivity index (χ0v) is 17.1. The van der Waals surface area contributed by atoms with E-state index in [0.29, 0.717) is 20.4 Å². The van der Waals surface area contributed by atoms with Crippen LogP contribution < -0.4 is 10.6 Å². The van der Waals surface area contributed by atoms with Crippen LogP contribution in [0.15, 0.2) is 51.3 Å². The molecule has 1 aromatic heterocycles. The lowest BCUT2D eigenvalue weighted by Gasteiger charge is -2.05. The molecule has 2 N–H and O–H groups in total. The van der Waals surface area contributed by atoms with Gasteiger partial charge in [-0.3, -0.25) is 14.9 Å². The number of benzene rings is 2. The summed E-state index contributed by atoms with van der Waals surface area (Å²) in [6, 6.07) is 9.83. The molecule has 1 heterocycles. The van der Waals surface area contributed by atoms with Gasteiger partial charge in [-0.15, -0.1) is 10.2 Å². The van der Waals surface area contributed by atoms with Crippen molar-refractivity contribution in [2.45, 2.75) is 4.34 Å². The molecule has 0 fully saturated rings. The minimum Gasteiger partial charge on any atom is -0.323 e. The smallest absolute Gasteiger partial charge is 0.258 e. The molecule has 0 aliphatic carbocycles. The van der Waals surface area contributed by atoms with Crippen molar-refractivity contribution >= 4 is 61.7 Å². The van der Waals surface area contributed by atoms with Gasteiger partial charge in [0.2, 0.25) is 11.0 Å². The first kappa shape index (κ1) is 20.4. The average molecular weight is 485 g/mol. The third-order valence-corrected chi connectivity index (χ3v) is 5.94. The molecule has 2 amide bonds. The van der Waals surface area contributed by atoms with E-state index in [-0.39, 0.29) is 22.5 Å². The first-order valence-corrected chi connectivity index (χ1v) is 10.3. The summed E-state index contributed by atoms with van der Waals surface area (Å²) < 4.78 is 27.5. The molecule has 0 spiro atoms. The van der Waals surface area contributed by atoms with Crippen LogP contribution in [0.2, 0.25) is 0 Å². The van der Waals surface area contributed by atoms with Crippen molar-refractivity contribution in [3.8, 4) is 0 Å². The molecule has 3 aromatic rings. The normalized spacial score (nSPS) is 10.5. The first-order chi connectivity index (χ1) is 13.4. The van der Waals surface area contributed by atoms with Gasteiger partial charge in [0.1, 0.15) is 11.6 Å². The number of aromatic nitrogens is 2. The van der Waals surface area contributed by atoms with Crippen LogP contribution in [0.1, 0.15) is 10.4 Å². The van der Waals surface area contributed by atoms with Crippen LogP contribution in [-0.2, 0) is 4.79 Å². The molecular formula is C17H11BrF2N4O2S2. The lowest BCUT2D eigenvalue weighted by molar-refractivity contribution is -0.113. The number of halogens is 3. The van der Waals surface area contributed by atoms with Crippen LogP contribution >= 0.6 is 39.0 Å². The zero-order chi connectivity index (χ0) is 20.1. The monoisotopic (exact) mass is 484 g/mol. The summed E-state index contributed by atoms with van der Waals surface area (Å²) >= 11 is 5.49. The Balaban J connectivity index is 1.54. The maximum atomic E-state index is 13.5. The number of nitrogens with zero attached hydrogens (tertiary/aromatic N) is 2. The number of thioether (sulfide) groups is 1. The standard InChI is InChI=1S/C17H11BrF2N4O2S2/c18-11-4-2-1-3-10(11)15(26)22-16-23-24-17(28-16)27-8-14(25)21-13-6-5-9(19)7-12(13)20/h1-7H,8H2,(H,21,25)(H,22,23,26). The summed E-state index contributed by atoms with van der Waals surface area (Å²) in [6.45, 7) is 0. The van der Waals surface area contributed by atoms with Gasteiger partial charge in [-0.05, 0) is 40.2 Å². The van der Waals surface area contributed by atoms with Gasteiger partial charge in [-0.1, -0.05) is 35.2 Å². The van der Waals surface area contributed by atoms with E-state index in [9.17, 15) is 18.4 Å². The van der Waals surface area contributed by atoms with E-state index >= 15 is 0 Å². The van der Waals surface area contributed by atoms with Crippen LogP contribution in [0, 0.1) is 11.6 Å². The van der Waals surface area contributed by atoms with E-state index in [0.717, 1.165) is 35.2 Å². The minimum atomic E-state index is -0.855. The Morgan fingerprint density at radius 1 is 1.11 bits per heavy atom. The lowest BCUT2D eigenvalue weighted by Crippen LogP contribution is -2.15. The van der Waals surface area contributed by atoms with E-state index in [1.54, 1.807) is 24.3 Å². The molecule has 0 aliphatic rings. The molecular weight excluding hydrogens is 474 g/mol. The Labute approximate surface area is 174 Å². The van der Waals surface area contributed by atoms with Gasteiger partial charge in [-0.25, -0.2) is 8.78 Å². The molecule has 3 rings (SSSR count). The molecule has 0 atom stereocenters. The Hall–Kier alpha value is -2.37. The Morgan fingerprint density at radius 2 is 1.89 bits per heavy atom. The minimum absolute atomic E-state index is 0.0520. The molecule has 6 nitrogen and oxygen atoms in total. The van der Waals surface area contributed by atoms with Crippen LogP contribution in [-0.4, -0.2) is 27.8 Å². The van der Waals surface area contributed by atoms with Gasteiger partial charge in [-0.2, -0.15) is 0 Å². The molecule has 0 bridgehead atoms. The van der Waals surface area contributed by atoms with Crippen LogP contribution in [0.5, 0.6) is 0 Å². The number of amides is 2. The van der Waals surface area contributed by atoms with Gasteiger partial charge in [0.05, 0.1) is 17.0 Å². The van der Waals surface area contributed by atoms with Gasteiger partial charge >= 0.3 is 0 Å². The number of rotatable bonds is 6. The van der Waals surface area contributed by atoms with E-state index in [1.165, 1.54) is 0 Å². The number of carbonyl (C=O) groups is 2. The molecule has 2 aromatic carbocycles. The second kappa shape index (κ2) is 9.22. The van der Waals surface area contributed by atoms with Crippen molar-refractivity contribution < 1.29 is 18.4 Å². The van der Waals surface area contributed by atoms with Crippen molar-refractivity contribution in [3.63, 3.8) is 0 Å². The fourth-order valence-corrected chi connectivity index (χ4v) is 4.04. The second-order valence-electron chi connectivity index (χ2n) is 5.27. The van der Waals surface area contributed by atoms with Crippen molar-refractivity contribution in [1.82, 2.24) is 10.2 Å². The predicted molar refractivity (Wildman–Crippen MR) is 108 cm³/mol. The average Bonchev–Trinajstić information content (AvgIpc) is 3.10. The fraction of sp³-hybridized carbons (Fsp3) is 0.0588. The maximum absolute atomic E-state index is 13.5. The fourth-order valence-electron chi connectivity index (χ4n) is 2.03. The van der Waals surface area contributed by atoms with Gasteiger partial charge in [0, 0.05) is 10.5 Å². The summed E-state index contributed by atoms with van der Waals surface area (Å²) in [6.07, 6.45) is 0. The third-order valence-electron chi connectivity index (χ3n) is 3.28. The molecule has 0 radical (unpaired) electrons.